The fourth-order valence-corrected chi connectivity index (χ4v) is 4.49. The van der Waals surface area contributed by atoms with Crippen molar-refractivity contribution in [2.45, 2.75) is 38.3 Å². The highest BCUT2D eigenvalue weighted by atomic mass is 32.2. The van der Waals surface area contributed by atoms with Crippen LogP contribution in [0, 0.1) is 5.92 Å². The van der Waals surface area contributed by atoms with Crippen molar-refractivity contribution in [2.75, 3.05) is 44.4 Å². The summed E-state index contributed by atoms with van der Waals surface area (Å²) in [4.78, 5) is 14.7. The Kier molecular flexibility index (Phi) is 6.34. The normalized spacial score (nSPS) is 30.0. The molecule has 6 heteroatoms. The molecule has 2 fully saturated rings. The number of nitrogens with zero attached hydrogens (tertiary/aromatic N) is 1. The monoisotopic (exact) mass is 315 g/mol. The average Bonchev–Trinajstić information content (AvgIpc) is 3.02. The molecule has 0 saturated carbocycles. The first-order valence-electron chi connectivity index (χ1n) is 8.03. The third-order valence-corrected chi connectivity index (χ3v) is 6.15. The van der Waals surface area contributed by atoms with Gasteiger partial charge in [0.1, 0.15) is 0 Å². The van der Waals surface area contributed by atoms with E-state index in [0.29, 0.717) is 6.54 Å². The van der Waals surface area contributed by atoms with E-state index in [4.69, 9.17) is 10.5 Å². The van der Waals surface area contributed by atoms with E-state index in [-0.39, 0.29) is 17.4 Å². The summed E-state index contributed by atoms with van der Waals surface area (Å²) in [6.45, 7) is 8.35. The van der Waals surface area contributed by atoms with Crippen LogP contribution in [0.25, 0.3) is 0 Å². The number of nitrogens with two attached hydrogens (primary N) is 1. The highest BCUT2D eigenvalue weighted by Gasteiger charge is 2.41. The predicted octanol–water partition coefficient (Wildman–Crippen LogP) is 0.684. The zero-order valence-electron chi connectivity index (χ0n) is 13.3. The standard InChI is InChI=1S/C15H29N3O2S/c1-3-12(2)13(16)14(19)17-10-15(4-9-21-11-15)18-5-7-20-8-6-18/h12-13H,3-11,16H2,1-2H3,(H,17,19). The predicted molar refractivity (Wildman–Crippen MR) is 87.5 cm³/mol. The van der Waals surface area contributed by atoms with E-state index in [1.165, 1.54) is 5.75 Å². The molecule has 2 heterocycles. The zero-order chi connectivity index (χ0) is 15.3. The van der Waals surface area contributed by atoms with E-state index in [1.54, 1.807) is 0 Å². The minimum absolute atomic E-state index is 0.00566. The first-order chi connectivity index (χ1) is 10.1. The number of hydrogen-bond donors (Lipinski definition) is 2. The van der Waals surface area contributed by atoms with Gasteiger partial charge in [-0.2, -0.15) is 11.8 Å². The Hall–Kier alpha value is -0.300. The van der Waals surface area contributed by atoms with E-state index in [1.807, 2.05) is 18.7 Å². The molecule has 0 aromatic carbocycles. The Balaban J connectivity index is 1.92. The van der Waals surface area contributed by atoms with Crippen LogP contribution in [0.3, 0.4) is 0 Å². The molecule has 3 N–H and O–H groups in total. The van der Waals surface area contributed by atoms with Gasteiger partial charge < -0.3 is 15.8 Å². The molecule has 0 spiro atoms. The SMILES string of the molecule is CCC(C)C(N)C(=O)NCC1(N2CCOCC2)CCSC1. The van der Waals surface area contributed by atoms with Gasteiger partial charge in [-0.1, -0.05) is 20.3 Å². The lowest BCUT2D eigenvalue weighted by atomic mass is 9.94. The molecule has 21 heavy (non-hydrogen) atoms. The van der Waals surface area contributed by atoms with Crippen LogP contribution in [0.15, 0.2) is 0 Å². The highest BCUT2D eigenvalue weighted by Crippen LogP contribution is 2.33. The van der Waals surface area contributed by atoms with Gasteiger partial charge in [0.15, 0.2) is 0 Å². The minimum Gasteiger partial charge on any atom is -0.379 e. The van der Waals surface area contributed by atoms with Gasteiger partial charge in [0.2, 0.25) is 5.91 Å². The van der Waals surface area contributed by atoms with Crippen LogP contribution in [-0.2, 0) is 9.53 Å². The summed E-state index contributed by atoms with van der Waals surface area (Å²) in [5.74, 6) is 2.48. The second-order valence-corrected chi connectivity index (χ2v) is 7.36. The van der Waals surface area contributed by atoms with Crippen LogP contribution in [0.5, 0.6) is 0 Å². The van der Waals surface area contributed by atoms with Crippen LogP contribution in [-0.4, -0.2) is 66.7 Å². The van der Waals surface area contributed by atoms with E-state index in [2.05, 4.69) is 17.1 Å². The van der Waals surface area contributed by atoms with Crippen molar-refractivity contribution in [3.8, 4) is 0 Å². The molecule has 122 valence electrons. The Bertz CT molecular complexity index is 342. The molecule has 3 atom stereocenters. The number of nitrogens with one attached hydrogen (secondary N) is 1. The van der Waals surface area contributed by atoms with Crippen LogP contribution >= 0.6 is 11.8 Å². The Morgan fingerprint density at radius 3 is 2.76 bits per heavy atom. The molecular formula is C15H29N3O2S. The third kappa shape index (κ3) is 4.12. The Morgan fingerprint density at radius 1 is 1.48 bits per heavy atom. The second-order valence-electron chi connectivity index (χ2n) is 6.26. The minimum atomic E-state index is -0.397. The maximum Gasteiger partial charge on any atom is 0.237 e. The number of morpholine rings is 1. The van der Waals surface area contributed by atoms with E-state index in [0.717, 1.165) is 44.9 Å². The lowest BCUT2D eigenvalue weighted by Gasteiger charge is -2.43. The van der Waals surface area contributed by atoms with Gasteiger partial charge >= 0.3 is 0 Å². The highest BCUT2D eigenvalue weighted by molar-refractivity contribution is 7.99. The van der Waals surface area contributed by atoms with Crippen LogP contribution < -0.4 is 11.1 Å². The molecule has 1 amide bonds. The molecule has 2 saturated heterocycles. The van der Waals surface area contributed by atoms with Gasteiger partial charge in [0.25, 0.3) is 0 Å². The van der Waals surface area contributed by atoms with Crippen molar-refractivity contribution in [1.82, 2.24) is 10.2 Å². The fourth-order valence-electron chi connectivity index (χ4n) is 3.02. The molecule has 0 radical (unpaired) electrons. The fraction of sp³-hybridized carbons (Fsp3) is 0.933. The quantitative estimate of drug-likeness (QED) is 0.755. The molecule has 2 rings (SSSR count). The zero-order valence-corrected chi connectivity index (χ0v) is 14.1. The van der Waals surface area contributed by atoms with Crippen LogP contribution in [0.1, 0.15) is 26.7 Å². The van der Waals surface area contributed by atoms with Crippen molar-refractivity contribution in [3.63, 3.8) is 0 Å². The largest absolute Gasteiger partial charge is 0.379 e. The topological polar surface area (TPSA) is 67.6 Å². The number of rotatable bonds is 6. The number of thioether (sulfide) groups is 1. The first-order valence-corrected chi connectivity index (χ1v) is 9.18. The average molecular weight is 315 g/mol. The lowest BCUT2D eigenvalue weighted by molar-refractivity contribution is -0.124. The van der Waals surface area contributed by atoms with Crippen molar-refractivity contribution < 1.29 is 9.53 Å². The van der Waals surface area contributed by atoms with Gasteiger partial charge in [0.05, 0.1) is 19.3 Å². The number of amides is 1. The molecule has 5 nitrogen and oxygen atoms in total. The number of hydrogen-bond acceptors (Lipinski definition) is 5. The van der Waals surface area contributed by atoms with Crippen molar-refractivity contribution >= 4 is 17.7 Å². The maximum atomic E-state index is 12.2. The van der Waals surface area contributed by atoms with Gasteiger partial charge in [-0.05, 0) is 18.1 Å². The van der Waals surface area contributed by atoms with Crippen LogP contribution in [0.4, 0.5) is 0 Å². The second kappa shape index (κ2) is 7.81. The summed E-state index contributed by atoms with van der Waals surface area (Å²) in [5, 5.41) is 3.12. The number of ether oxygens (including phenoxy) is 1. The maximum absolute atomic E-state index is 12.2. The summed E-state index contributed by atoms with van der Waals surface area (Å²) in [7, 11) is 0. The molecular weight excluding hydrogens is 286 g/mol. The third-order valence-electron chi connectivity index (χ3n) is 4.92. The van der Waals surface area contributed by atoms with Gasteiger partial charge in [-0.3, -0.25) is 9.69 Å². The van der Waals surface area contributed by atoms with Gasteiger partial charge in [-0.25, -0.2) is 0 Å². The summed E-state index contributed by atoms with van der Waals surface area (Å²) >= 11 is 1.98. The number of carbonyl (C=O) groups is 1. The summed E-state index contributed by atoms with van der Waals surface area (Å²) in [5.41, 5.74) is 6.12. The van der Waals surface area contributed by atoms with Gasteiger partial charge in [-0.15, -0.1) is 0 Å². The van der Waals surface area contributed by atoms with E-state index >= 15 is 0 Å². The summed E-state index contributed by atoms with van der Waals surface area (Å²) in [6.07, 6.45) is 2.07. The molecule has 0 aliphatic carbocycles. The molecule has 3 unspecified atom stereocenters. The first kappa shape index (κ1) is 17.1. The summed E-state index contributed by atoms with van der Waals surface area (Å²) < 4.78 is 5.46. The smallest absolute Gasteiger partial charge is 0.237 e. The summed E-state index contributed by atoms with van der Waals surface area (Å²) in [6, 6.07) is -0.397. The molecule has 0 bridgehead atoms. The molecule has 2 aliphatic heterocycles. The lowest BCUT2D eigenvalue weighted by Crippen LogP contribution is -2.60. The number of carbonyl (C=O) groups excluding carboxylic acids is 1. The molecule has 0 aromatic heterocycles. The van der Waals surface area contributed by atoms with Crippen molar-refractivity contribution in [2.24, 2.45) is 11.7 Å². The van der Waals surface area contributed by atoms with Crippen molar-refractivity contribution in [1.29, 1.82) is 0 Å². The molecule has 2 aliphatic rings. The van der Waals surface area contributed by atoms with E-state index in [9.17, 15) is 4.79 Å². The Labute approximate surface area is 132 Å². The van der Waals surface area contributed by atoms with Gasteiger partial charge in [0, 0.05) is 30.9 Å². The Morgan fingerprint density at radius 2 is 2.19 bits per heavy atom. The van der Waals surface area contributed by atoms with Crippen molar-refractivity contribution in [3.05, 3.63) is 0 Å². The van der Waals surface area contributed by atoms with Crippen LogP contribution in [0.2, 0.25) is 0 Å². The van der Waals surface area contributed by atoms with E-state index < -0.39 is 6.04 Å². The molecule has 0 aromatic rings.